The van der Waals surface area contributed by atoms with Gasteiger partial charge in [0, 0.05) is 31.9 Å². The van der Waals surface area contributed by atoms with Crippen molar-refractivity contribution in [2.45, 2.75) is 26.3 Å². The second-order valence-electron chi connectivity index (χ2n) is 6.98. The van der Waals surface area contributed by atoms with Gasteiger partial charge in [-0.3, -0.25) is 9.69 Å². The van der Waals surface area contributed by atoms with Crippen molar-refractivity contribution in [3.05, 3.63) is 24.3 Å². The summed E-state index contributed by atoms with van der Waals surface area (Å²) in [6.45, 7) is 9.39. The van der Waals surface area contributed by atoms with Gasteiger partial charge in [0.2, 0.25) is 5.91 Å². The number of anilines is 1. The van der Waals surface area contributed by atoms with Crippen LogP contribution in [0.2, 0.25) is 0 Å². The number of hydrogen-bond donors (Lipinski definition) is 1. The lowest BCUT2D eigenvalue weighted by atomic mass is 9.90. The number of nitriles is 1. The van der Waals surface area contributed by atoms with Gasteiger partial charge in [-0.25, -0.2) is 0 Å². The first-order chi connectivity index (χ1) is 11.9. The number of amides is 1. The third-order valence-electron chi connectivity index (χ3n) is 4.96. The highest BCUT2D eigenvalue weighted by atomic mass is 16.5. The van der Waals surface area contributed by atoms with E-state index in [2.05, 4.69) is 33.3 Å². The van der Waals surface area contributed by atoms with Gasteiger partial charge < -0.3 is 15.0 Å². The van der Waals surface area contributed by atoms with E-state index in [1.54, 1.807) is 14.0 Å². The van der Waals surface area contributed by atoms with E-state index in [1.807, 2.05) is 26.0 Å². The Morgan fingerprint density at radius 3 is 2.36 bits per heavy atom. The molecule has 0 radical (unpaired) electrons. The molecule has 1 heterocycles. The number of benzene rings is 1. The maximum absolute atomic E-state index is 12.3. The molecule has 1 N–H and O–H groups in total. The second kappa shape index (κ2) is 8.21. The zero-order valence-corrected chi connectivity index (χ0v) is 15.6. The van der Waals surface area contributed by atoms with Crippen LogP contribution >= 0.6 is 0 Å². The highest BCUT2D eigenvalue weighted by Gasteiger charge is 2.30. The normalized spacial score (nSPS) is 17.7. The van der Waals surface area contributed by atoms with Gasteiger partial charge in [0.15, 0.2) is 0 Å². The van der Waals surface area contributed by atoms with Crippen molar-refractivity contribution in [2.24, 2.45) is 5.92 Å². The molecule has 0 bridgehead atoms. The summed E-state index contributed by atoms with van der Waals surface area (Å²) < 4.78 is 5.19. The van der Waals surface area contributed by atoms with Crippen LogP contribution in [0.1, 0.15) is 20.8 Å². The number of carbonyl (C=O) groups excluding carboxylic acids is 1. The summed E-state index contributed by atoms with van der Waals surface area (Å²) in [5.74, 6) is 0.828. The largest absolute Gasteiger partial charge is 0.497 e. The van der Waals surface area contributed by atoms with Gasteiger partial charge in [-0.1, -0.05) is 13.8 Å². The van der Waals surface area contributed by atoms with Crippen LogP contribution < -0.4 is 15.0 Å². The summed E-state index contributed by atoms with van der Waals surface area (Å²) in [4.78, 5) is 16.7. The fourth-order valence-corrected chi connectivity index (χ4v) is 2.79. The van der Waals surface area contributed by atoms with Crippen LogP contribution in [0.4, 0.5) is 5.69 Å². The van der Waals surface area contributed by atoms with Crippen LogP contribution in [0.3, 0.4) is 0 Å². The molecule has 0 aliphatic carbocycles. The van der Waals surface area contributed by atoms with E-state index in [1.165, 1.54) is 5.69 Å². The first-order valence-electron chi connectivity index (χ1n) is 8.71. The average Bonchev–Trinajstić information content (AvgIpc) is 2.62. The molecule has 1 aliphatic heterocycles. The van der Waals surface area contributed by atoms with Gasteiger partial charge in [0.25, 0.3) is 0 Å². The fraction of sp³-hybridized carbons (Fsp3) is 0.579. The first-order valence-corrected chi connectivity index (χ1v) is 8.71. The molecule has 0 aromatic heterocycles. The van der Waals surface area contributed by atoms with Crippen molar-refractivity contribution in [1.29, 1.82) is 5.26 Å². The lowest BCUT2D eigenvalue weighted by Crippen LogP contribution is -2.54. The number of ether oxygens (including phenoxy) is 1. The number of piperazine rings is 1. The predicted molar refractivity (Wildman–Crippen MR) is 98.6 cm³/mol. The zero-order chi connectivity index (χ0) is 18.4. The summed E-state index contributed by atoms with van der Waals surface area (Å²) in [6.07, 6.45) is 0. The molecule has 1 atom stereocenters. The van der Waals surface area contributed by atoms with E-state index in [4.69, 9.17) is 4.74 Å². The van der Waals surface area contributed by atoms with Crippen molar-refractivity contribution < 1.29 is 9.53 Å². The third-order valence-corrected chi connectivity index (χ3v) is 4.96. The zero-order valence-electron chi connectivity index (χ0n) is 15.6. The smallest absolute Gasteiger partial charge is 0.235 e. The van der Waals surface area contributed by atoms with Crippen LogP contribution in [0, 0.1) is 17.2 Å². The first kappa shape index (κ1) is 19.1. The van der Waals surface area contributed by atoms with Crippen LogP contribution in [0.25, 0.3) is 0 Å². The monoisotopic (exact) mass is 344 g/mol. The van der Waals surface area contributed by atoms with Crippen molar-refractivity contribution in [2.75, 3.05) is 44.7 Å². The molecular formula is C19H28N4O2. The van der Waals surface area contributed by atoms with E-state index < -0.39 is 5.54 Å². The Balaban J connectivity index is 1.83. The van der Waals surface area contributed by atoms with Crippen molar-refractivity contribution in [3.8, 4) is 11.8 Å². The molecule has 1 saturated heterocycles. The summed E-state index contributed by atoms with van der Waals surface area (Å²) >= 11 is 0. The van der Waals surface area contributed by atoms with E-state index in [0.717, 1.165) is 31.9 Å². The molecule has 1 fully saturated rings. The Bertz CT molecular complexity index is 615. The number of methoxy groups -OCH3 is 1. The molecule has 1 aliphatic rings. The average molecular weight is 344 g/mol. The van der Waals surface area contributed by atoms with Gasteiger partial charge in [0.05, 0.1) is 19.7 Å². The van der Waals surface area contributed by atoms with Crippen molar-refractivity contribution in [3.63, 3.8) is 0 Å². The Labute approximate surface area is 150 Å². The SMILES string of the molecule is COc1ccc(N2CCN(CC(=O)NC(C)(C#N)C(C)C)CC2)cc1. The van der Waals surface area contributed by atoms with Crippen LogP contribution in [0.15, 0.2) is 24.3 Å². The molecule has 136 valence electrons. The molecule has 1 aromatic carbocycles. The molecule has 6 nitrogen and oxygen atoms in total. The molecule has 1 aromatic rings. The Hall–Kier alpha value is -2.26. The summed E-state index contributed by atoms with van der Waals surface area (Å²) in [5.41, 5.74) is 0.351. The minimum absolute atomic E-state index is 0.0633. The van der Waals surface area contributed by atoms with E-state index in [-0.39, 0.29) is 11.8 Å². The Kier molecular flexibility index (Phi) is 6.27. The minimum atomic E-state index is -0.817. The fourth-order valence-electron chi connectivity index (χ4n) is 2.79. The maximum Gasteiger partial charge on any atom is 0.235 e. The number of nitrogens with zero attached hydrogens (tertiary/aromatic N) is 3. The molecular weight excluding hydrogens is 316 g/mol. The summed E-state index contributed by atoms with van der Waals surface area (Å²) in [5, 5.41) is 12.2. The number of carbonyl (C=O) groups is 1. The van der Waals surface area contributed by atoms with Gasteiger partial charge in [-0.15, -0.1) is 0 Å². The Morgan fingerprint density at radius 1 is 1.28 bits per heavy atom. The molecule has 0 spiro atoms. The summed E-state index contributed by atoms with van der Waals surface area (Å²) in [6, 6.07) is 10.3. The van der Waals surface area contributed by atoms with E-state index in [9.17, 15) is 10.1 Å². The second-order valence-corrected chi connectivity index (χ2v) is 6.98. The summed E-state index contributed by atoms with van der Waals surface area (Å²) in [7, 11) is 1.66. The topological polar surface area (TPSA) is 68.6 Å². The Morgan fingerprint density at radius 2 is 1.88 bits per heavy atom. The van der Waals surface area contributed by atoms with Gasteiger partial charge >= 0.3 is 0 Å². The van der Waals surface area contributed by atoms with Crippen molar-refractivity contribution in [1.82, 2.24) is 10.2 Å². The predicted octanol–water partition coefficient (Wildman–Crippen LogP) is 1.87. The highest BCUT2D eigenvalue weighted by Crippen LogP contribution is 2.20. The quantitative estimate of drug-likeness (QED) is 0.853. The lowest BCUT2D eigenvalue weighted by Gasteiger charge is -2.36. The van der Waals surface area contributed by atoms with Crippen LogP contribution in [0.5, 0.6) is 5.75 Å². The molecule has 2 rings (SSSR count). The molecule has 6 heteroatoms. The lowest BCUT2D eigenvalue weighted by molar-refractivity contribution is -0.124. The maximum atomic E-state index is 12.3. The molecule has 1 unspecified atom stereocenters. The van der Waals surface area contributed by atoms with Gasteiger partial charge in [0.1, 0.15) is 11.3 Å². The van der Waals surface area contributed by atoms with E-state index in [0.29, 0.717) is 6.54 Å². The van der Waals surface area contributed by atoms with E-state index >= 15 is 0 Å². The highest BCUT2D eigenvalue weighted by molar-refractivity contribution is 5.79. The third kappa shape index (κ3) is 4.86. The molecule has 25 heavy (non-hydrogen) atoms. The minimum Gasteiger partial charge on any atom is -0.497 e. The van der Waals surface area contributed by atoms with Crippen molar-refractivity contribution >= 4 is 11.6 Å². The standard InChI is InChI=1S/C19H28N4O2/c1-15(2)19(3,14-20)21-18(24)13-22-9-11-23(12-10-22)16-5-7-17(25-4)8-6-16/h5-8,15H,9-13H2,1-4H3,(H,21,24). The number of nitrogens with one attached hydrogen (secondary N) is 1. The molecule has 0 saturated carbocycles. The van der Waals surface area contributed by atoms with Gasteiger partial charge in [-0.05, 0) is 37.1 Å². The molecule has 1 amide bonds. The van der Waals surface area contributed by atoms with Crippen LogP contribution in [-0.2, 0) is 4.79 Å². The van der Waals surface area contributed by atoms with Gasteiger partial charge in [-0.2, -0.15) is 5.26 Å². The number of rotatable bonds is 6. The van der Waals surface area contributed by atoms with Crippen LogP contribution in [-0.4, -0.2) is 56.2 Å². The number of hydrogen-bond acceptors (Lipinski definition) is 5.